The summed E-state index contributed by atoms with van der Waals surface area (Å²) in [6.45, 7) is 5.17. The van der Waals surface area contributed by atoms with Crippen molar-refractivity contribution < 1.29 is 19.0 Å². The van der Waals surface area contributed by atoms with Crippen LogP contribution in [0, 0.1) is 0 Å². The Balaban J connectivity index is 1.75. The van der Waals surface area contributed by atoms with E-state index in [4.69, 9.17) is 14.2 Å². The lowest BCUT2D eigenvalue weighted by molar-refractivity contribution is -0.134. The smallest absolute Gasteiger partial charge is 0.250 e. The molecule has 0 aliphatic carbocycles. The monoisotopic (exact) mass is 322 g/mol. The van der Waals surface area contributed by atoms with E-state index in [1.54, 1.807) is 7.11 Å². The molecule has 6 heteroatoms. The first-order valence-corrected chi connectivity index (χ1v) is 8.14. The second-order valence-corrected chi connectivity index (χ2v) is 5.38. The summed E-state index contributed by atoms with van der Waals surface area (Å²) in [5.74, 6) is 1.46. The molecule has 1 heterocycles. The summed E-state index contributed by atoms with van der Waals surface area (Å²) in [7, 11) is 1.63. The van der Waals surface area contributed by atoms with Crippen molar-refractivity contribution in [3.63, 3.8) is 0 Å². The van der Waals surface area contributed by atoms with E-state index >= 15 is 0 Å². The molecule has 2 N–H and O–H groups in total. The zero-order chi connectivity index (χ0) is 16.5. The molecule has 1 aromatic carbocycles. The minimum Gasteiger partial charge on any atom is -0.493 e. The first-order chi connectivity index (χ1) is 11.2. The average Bonchev–Trinajstić information content (AvgIpc) is 2.60. The van der Waals surface area contributed by atoms with Crippen LogP contribution >= 0.6 is 0 Å². The topological polar surface area (TPSA) is 68.8 Å². The Morgan fingerprint density at radius 1 is 1.43 bits per heavy atom. The number of benzene rings is 1. The van der Waals surface area contributed by atoms with E-state index in [0.29, 0.717) is 26.3 Å². The molecule has 1 unspecified atom stereocenters. The van der Waals surface area contributed by atoms with Gasteiger partial charge >= 0.3 is 0 Å². The molecular weight excluding hydrogens is 296 g/mol. The van der Waals surface area contributed by atoms with Crippen LogP contribution < -0.4 is 20.1 Å². The molecular formula is C17H26N2O4. The van der Waals surface area contributed by atoms with Crippen molar-refractivity contribution in [3.05, 3.63) is 23.8 Å². The summed E-state index contributed by atoms with van der Waals surface area (Å²) in [6, 6.07) is 5.94. The predicted octanol–water partition coefficient (Wildman–Crippen LogP) is 1.13. The van der Waals surface area contributed by atoms with Gasteiger partial charge in [0.15, 0.2) is 11.5 Å². The van der Waals surface area contributed by atoms with Gasteiger partial charge in [-0.3, -0.25) is 4.79 Å². The Morgan fingerprint density at radius 2 is 2.30 bits per heavy atom. The number of morpholine rings is 1. The summed E-state index contributed by atoms with van der Waals surface area (Å²) in [4.78, 5) is 11.9. The van der Waals surface area contributed by atoms with Crippen LogP contribution in [0.4, 0.5) is 0 Å². The lowest BCUT2D eigenvalue weighted by Crippen LogP contribution is -2.48. The summed E-state index contributed by atoms with van der Waals surface area (Å²) >= 11 is 0. The summed E-state index contributed by atoms with van der Waals surface area (Å²) < 4.78 is 16.3. The quantitative estimate of drug-likeness (QED) is 0.702. The second kappa shape index (κ2) is 9.37. The van der Waals surface area contributed by atoms with Crippen LogP contribution in [-0.4, -0.2) is 52.0 Å². The zero-order valence-corrected chi connectivity index (χ0v) is 13.9. The molecule has 1 amide bonds. The van der Waals surface area contributed by atoms with Crippen molar-refractivity contribution in [1.29, 1.82) is 0 Å². The predicted molar refractivity (Wildman–Crippen MR) is 88.1 cm³/mol. The molecule has 1 aliphatic heterocycles. The van der Waals surface area contributed by atoms with Crippen LogP contribution in [0.1, 0.15) is 18.9 Å². The average molecular weight is 322 g/mol. The van der Waals surface area contributed by atoms with Crippen molar-refractivity contribution in [3.8, 4) is 11.5 Å². The molecule has 2 rings (SSSR count). The summed E-state index contributed by atoms with van der Waals surface area (Å²) in [5.41, 5.74) is 1.17. The van der Waals surface area contributed by atoms with Crippen LogP contribution in [0.5, 0.6) is 11.5 Å². The van der Waals surface area contributed by atoms with E-state index < -0.39 is 0 Å². The molecule has 1 aliphatic rings. The maximum absolute atomic E-state index is 11.9. The fourth-order valence-electron chi connectivity index (χ4n) is 2.50. The number of ether oxygens (including phenoxy) is 3. The Kier molecular flexibility index (Phi) is 7.16. The van der Waals surface area contributed by atoms with Crippen LogP contribution in [0.2, 0.25) is 0 Å². The minimum absolute atomic E-state index is 0.0399. The molecule has 1 aromatic rings. The van der Waals surface area contributed by atoms with Crippen molar-refractivity contribution in [2.75, 3.05) is 40.0 Å². The molecule has 1 saturated heterocycles. The van der Waals surface area contributed by atoms with Crippen molar-refractivity contribution in [2.45, 2.75) is 25.9 Å². The van der Waals surface area contributed by atoms with E-state index in [1.165, 1.54) is 5.56 Å². The molecule has 1 atom stereocenters. The minimum atomic E-state index is -0.366. The fourth-order valence-corrected chi connectivity index (χ4v) is 2.50. The van der Waals surface area contributed by atoms with E-state index in [-0.39, 0.29) is 12.0 Å². The van der Waals surface area contributed by atoms with E-state index in [2.05, 4.69) is 10.6 Å². The Bertz CT molecular complexity index is 501. The number of carbonyl (C=O) groups excluding carboxylic acids is 1. The second-order valence-electron chi connectivity index (χ2n) is 5.38. The standard InChI is InChI=1S/C17H26N2O4/c1-3-22-15-11-13(6-7-14(15)21-2)5-4-8-19-17(20)16-12-18-9-10-23-16/h6-7,11,16,18H,3-5,8-10,12H2,1-2H3,(H,19,20). The fraction of sp³-hybridized carbons (Fsp3) is 0.588. The van der Waals surface area contributed by atoms with Gasteiger partial charge in [-0.15, -0.1) is 0 Å². The highest BCUT2D eigenvalue weighted by Gasteiger charge is 2.20. The first kappa shape index (κ1) is 17.6. The number of aryl methyl sites for hydroxylation is 1. The van der Waals surface area contributed by atoms with Gasteiger partial charge in [0, 0.05) is 19.6 Å². The molecule has 23 heavy (non-hydrogen) atoms. The van der Waals surface area contributed by atoms with Gasteiger partial charge in [-0.25, -0.2) is 0 Å². The van der Waals surface area contributed by atoms with Gasteiger partial charge in [-0.2, -0.15) is 0 Å². The number of nitrogens with one attached hydrogen (secondary N) is 2. The van der Waals surface area contributed by atoms with Crippen LogP contribution in [-0.2, 0) is 16.0 Å². The highest BCUT2D eigenvalue weighted by atomic mass is 16.5. The Morgan fingerprint density at radius 3 is 3.00 bits per heavy atom. The van der Waals surface area contributed by atoms with Crippen LogP contribution in [0.25, 0.3) is 0 Å². The molecule has 0 radical (unpaired) electrons. The maximum atomic E-state index is 11.9. The lowest BCUT2D eigenvalue weighted by Gasteiger charge is -2.22. The van der Waals surface area contributed by atoms with E-state index in [9.17, 15) is 4.79 Å². The third kappa shape index (κ3) is 5.41. The number of hydrogen-bond donors (Lipinski definition) is 2. The maximum Gasteiger partial charge on any atom is 0.250 e. The SMILES string of the molecule is CCOc1cc(CCCNC(=O)C2CNCCO2)ccc1OC. The number of carbonyl (C=O) groups is 1. The van der Waals surface area contributed by atoms with Gasteiger partial charge in [0.05, 0.1) is 20.3 Å². The van der Waals surface area contributed by atoms with Gasteiger partial charge in [0.1, 0.15) is 6.10 Å². The molecule has 1 fully saturated rings. The van der Waals surface area contributed by atoms with Crippen molar-refractivity contribution >= 4 is 5.91 Å². The van der Waals surface area contributed by atoms with Crippen molar-refractivity contribution in [2.24, 2.45) is 0 Å². The largest absolute Gasteiger partial charge is 0.493 e. The number of methoxy groups -OCH3 is 1. The highest BCUT2D eigenvalue weighted by Crippen LogP contribution is 2.28. The third-order valence-corrected chi connectivity index (χ3v) is 3.69. The highest BCUT2D eigenvalue weighted by molar-refractivity contribution is 5.81. The van der Waals surface area contributed by atoms with Crippen LogP contribution in [0.3, 0.4) is 0 Å². The molecule has 6 nitrogen and oxygen atoms in total. The third-order valence-electron chi connectivity index (χ3n) is 3.69. The van der Waals surface area contributed by atoms with Gasteiger partial charge in [-0.1, -0.05) is 6.07 Å². The summed E-state index contributed by atoms with van der Waals surface area (Å²) in [5, 5.41) is 6.07. The van der Waals surface area contributed by atoms with Crippen LogP contribution in [0.15, 0.2) is 18.2 Å². The number of amides is 1. The Hall–Kier alpha value is -1.79. The molecule has 128 valence electrons. The number of hydrogen-bond acceptors (Lipinski definition) is 5. The van der Waals surface area contributed by atoms with E-state index in [1.807, 2.05) is 25.1 Å². The van der Waals surface area contributed by atoms with Crippen molar-refractivity contribution in [1.82, 2.24) is 10.6 Å². The summed E-state index contributed by atoms with van der Waals surface area (Å²) in [6.07, 6.45) is 1.37. The normalized spacial score (nSPS) is 17.6. The molecule has 0 spiro atoms. The lowest BCUT2D eigenvalue weighted by atomic mass is 10.1. The van der Waals surface area contributed by atoms with E-state index in [0.717, 1.165) is 30.9 Å². The van der Waals surface area contributed by atoms with Gasteiger partial charge < -0.3 is 24.8 Å². The molecule has 0 saturated carbocycles. The van der Waals surface area contributed by atoms with Gasteiger partial charge in [0.25, 0.3) is 0 Å². The molecule has 0 aromatic heterocycles. The zero-order valence-electron chi connectivity index (χ0n) is 13.9. The molecule has 0 bridgehead atoms. The van der Waals surface area contributed by atoms with Gasteiger partial charge in [0.2, 0.25) is 5.91 Å². The first-order valence-electron chi connectivity index (χ1n) is 8.14. The Labute approximate surface area is 137 Å². The van der Waals surface area contributed by atoms with Gasteiger partial charge in [-0.05, 0) is 37.5 Å². The number of rotatable bonds is 8.